The summed E-state index contributed by atoms with van der Waals surface area (Å²) in [7, 11) is -2.77. The van der Waals surface area contributed by atoms with Crippen molar-refractivity contribution in [3.05, 3.63) is 29.8 Å². The third-order valence-corrected chi connectivity index (χ3v) is 7.45. The van der Waals surface area contributed by atoms with Crippen LogP contribution in [0, 0.1) is 11.7 Å². The fourth-order valence-electron chi connectivity index (χ4n) is 4.09. The predicted octanol–water partition coefficient (Wildman–Crippen LogP) is 2.71. The number of halogens is 1. The topological polar surface area (TPSA) is 66.1 Å². The Morgan fingerprint density at radius 3 is 2.76 bits per heavy atom. The van der Waals surface area contributed by atoms with Crippen molar-refractivity contribution in [2.75, 3.05) is 31.1 Å². The van der Waals surface area contributed by atoms with Gasteiger partial charge in [-0.1, -0.05) is 0 Å². The van der Waals surface area contributed by atoms with E-state index in [1.54, 1.807) is 6.07 Å². The zero-order valence-electron chi connectivity index (χ0n) is 14.2. The van der Waals surface area contributed by atoms with Crippen molar-refractivity contribution in [1.82, 2.24) is 14.9 Å². The van der Waals surface area contributed by atoms with Crippen molar-refractivity contribution < 1.29 is 12.8 Å². The monoisotopic (exact) mass is 365 g/mol. The van der Waals surface area contributed by atoms with Crippen LogP contribution in [0.4, 0.5) is 4.39 Å². The number of benzene rings is 1. The average molecular weight is 365 g/mol. The van der Waals surface area contributed by atoms with Gasteiger partial charge in [0, 0.05) is 5.92 Å². The fraction of sp³-hybridized carbons (Fsp3) is 0.611. The molecular weight excluding hydrogens is 341 g/mol. The summed E-state index contributed by atoms with van der Waals surface area (Å²) >= 11 is 0. The first-order chi connectivity index (χ1) is 12.0. The second-order valence-corrected chi connectivity index (χ2v) is 9.69. The van der Waals surface area contributed by atoms with E-state index in [0.29, 0.717) is 23.3 Å². The first kappa shape index (κ1) is 17.0. The molecule has 136 valence electrons. The molecule has 0 aliphatic carbocycles. The summed E-state index contributed by atoms with van der Waals surface area (Å²) in [6.45, 7) is 3.00. The molecule has 0 saturated carbocycles. The van der Waals surface area contributed by atoms with Crippen LogP contribution < -0.4 is 0 Å². The minimum Gasteiger partial charge on any atom is -0.342 e. The van der Waals surface area contributed by atoms with E-state index in [4.69, 9.17) is 0 Å². The molecular formula is C18H24FN3O2S. The van der Waals surface area contributed by atoms with E-state index in [0.717, 1.165) is 62.2 Å². The Morgan fingerprint density at radius 1 is 1.24 bits per heavy atom. The van der Waals surface area contributed by atoms with Crippen LogP contribution in [0.1, 0.15) is 37.4 Å². The summed E-state index contributed by atoms with van der Waals surface area (Å²) in [6.07, 6.45) is 3.87. The summed E-state index contributed by atoms with van der Waals surface area (Å²) in [6, 6.07) is 4.66. The van der Waals surface area contributed by atoms with E-state index in [2.05, 4.69) is 14.9 Å². The van der Waals surface area contributed by atoms with Crippen LogP contribution in [0.2, 0.25) is 0 Å². The largest absolute Gasteiger partial charge is 0.342 e. The molecule has 2 aliphatic rings. The van der Waals surface area contributed by atoms with Gasteiger partial charge in [0.1, 0.15) is 11.6 Å². The maximum absolute atomic E-state index is 13.3. The number of aromatic nitrogens is 2. The molecule has 1 aromatic heterocycles. The molecule has 0 bridgehead atoms. The highest BCUT2D eigenvalue weighted by Gasteiger charge is 2.29. The highest BCUT2D eigenvalue weighted by atomic mass is 32.2. The van der Waals surface area contributed by atoms with Gasteiger partial charge < -0.3 is 9.88 Å². The van der Waals surface area contributed by atoms with Gasteiger partial charge in [-0.05, 0) is 69.4 Å². The summed E-state index contributed by atoms with van der Waals surface area (Å²) in [4.78, 5) is 10.3. The number of piperidine rings is 1. The Bertz CT molecular complexity index is 856. The average Bonchev–Trinajstić information content (AvgIpc) is 3.15. The molecule has 1 atom stereocenters. The molecule has 2 fully saturated rings. The lowest BCUT2D eigenvalue weighted by Gasteiger charge is -2.31. The summed E-state index contributed by atoms with van der Waals surface area (Å²) < 4.78 is 36.4. The first-order valence-electron chi connectivity index (χ1n) is 9.06. The third-order valence-electron chi connectivity index (χ3n) is 5.62. The van der Waals surface area contributed by atoms with Gasteiger partial charge in [-0.3, -0.25) is 0 Å². The number of rotatable bonds is 4. The number of nitrogens with one attached hydrogen (secondary N) is 1. The number of H-pyrrole nitrogens is 1. The molecule has 1 aromatic carbocycles. The lowest BCUT2D eigenvalue weighted by atomic mass is 9.95. The Balaban J connectivity index is 1.30. The summed E-state index contributed by atoms with van der Waals surface area (Å²) in [5.74, 6) is 2.19. The molecule has 25 heavy (non-hydrogen) atoms. The maximum Gasteiger partial charge on any atom is 0.150 e. The van der Waals surface area contributed by atoms with Crippen LogP contribution >= 0.6 is 0 Å². The molecule has 5 nitrogen and oxygen atoms in total. The van der Waals surface area contributed by atoms with E-state index in [1.807, 2.05) is 0 Å². The zero-order valence-corrected chi connectivity index (χ0v) is 15.1. The zero-order chi connectivity index (χ0) is 17.4. The minimum atomic E-state index is -2.77. The molecule has 7 heteroatoms. The lowest BCUT2D eigenvalue weighted by molar-refractivity contribution is 0.199. The Morgan fingerprint density at radius 2 is 2.04 bits per heavy atom. The highest BCUT2D eigenvalue weighted by Crippen LogP contribution is 2.29. The second-order valence-electron chi connectivity index (χ2n) is 7.46. The van der Waals surface area contributed by atoms with Gasteiger partial charge in [0.2, 0.25) is 0 Å². The molecule has 0 radical (unpaired) electrons. The second kappa shape index (κ2) is 6.68. The van der Waals surface area contributed by atoms with Crippen molar-refractivity contribution in [1.29, 1.82) is 0 Å². The SMILES string of the molecule is O=S1(=O)CCC(CCN2CCC(c3nc4ccc(F)cc4[nH]3)CC2)C1. The van der Waals surface area contributed by atoms with Gasteiger partial charge in [0.05, 0.1) is 22.5 Å². The van der Waals surface area contributed by atoms with Crippen molar-refractivity contribution in [3.63, 3.8) is 0 Å². The van der Waals surface area contributed by atoms with Crippen LogP contribution in [-0.4, -0.2) is 54.4 Å². The molecule has 0 amide bonds. The van der Waals surface area contributed by atoms with Crippen LogP contribution in [0.3, 0.4) is 0 Å². The van der Waals surface area contributed by atoms with Gasteiger partial charge in [0.15, 0.2) is 9.84 Å². The Kier molecular flexibility index (Phi) is 4.54. The number of hydrogen-bond donors (Lipinski definition) is 1. The maximum atomic E-state index is 13.3. The molecule has 1 N–H and O–H groups in total. The number of hydrogen-bond acceptors (Lipinski definition) is 4. The van der Waals surface area contributed by atoms with Gasteiger partial charge in [-0.2, -0.15) is 0 Å². The minimum absolute atomic E-state index is 0.244. The molecule has 2 aromatic rings. The van der Waals surface area contributed by atoms with Crippen LogP contribution in [0.5, 0.6) is 0 Å². The predicted molar refractivity (Wildman–Crippen MR) is 95.8 cm³/mol. The van der Waals surface area contributed by atoms with Crippen molar-refractivity contribution in [3.8, 4) is 0 Å². The van der Waals surface area contributed by atoms with Crippen LogP contribution in [0.15, 0.2) is 18.2 Å². The fourth-order valence-corrected chi connectivity index (χ4v) is 6.00. The normalized spacial score (nSPS) is 24.9. The number of likely N-dealkylation sites (tertiary alicyclic amines) is 1. The summed E-state index contributed by atoms with van der Waals surface area (Å²) in [5, 5.41) is 0. The first-order valence-corrected chi connectivity index (χ1v) is 10.9. The third kappa shape index (κ3) is 3.87. The van der Waals surface area contributed by atoms with Gasteiger partial charge in [0.25, 0.3) is 0 Å². The van der Waals surface area contributed by atoms with Gasteiger partial charge in [-0.15, -0.1) is 0 Å². The Hall–Kier alpha value is -1.47. The van der Waals surface area contributed by atoms with Crippen LogP contribution in [-0.2, 0) is 9.84 Å². The van der Waals surface area contributed by atoms with E-state index < -0.39 is 9.84 Å². The number of aromatic amines is 1. The smallest absolute Gasteiger partial charge is 0.150 e. The van der Waals surface area contributed by atoms with Crippen LogP contribution in [0.25, 0.3) is 11.0 Å². The molecule has 4 rings (SSSR count). The standard InChI is InChI=1S/C18H24FN3O2S/c19-15-1-2-16-17(11-15)21-18(20-16)14-4-8-22(9-5-14)7-3-13-6-10-25(23,24)12-13/h1-2,11,13-14H,3-10,12H2,(H,20,21). The molecule has 2 saturated heterocycles. The van der Waals surface area contributed by atoms with E-state index in [-0.39, 0.29) is 5.82 Å². The van der Waals surface area contributed by atoms with Crippen molar-refractivity contribution in [2.45, 2.75) is 31.6 Å². The van der Waals surface area contributed by atoms with E-state index in [1.165, 1.54) is 12.1 Å². The molecule has 3 heterocycles. The van der Waals surface area contributed by atoms with E-state index >= 15 is 0 Å². The highest BCUT2D eigenvalue weighted by molar-refractivity contribution is 7.91. The van der Waals surface area contributed by atoms with Gasteiger partial charge in [-0.25, -0.2) is 17.8 Å². The molecule has 0 spiro atoms. The molecule has 1 unspecified atom stereocenters. The lowest BCUT2D eigenvalue weighted by Crippen LogP contribution is -2.34. The van der Waals surface area contributed by atoms with Crippen molar-refractivity contribution >= 4 is 20.9 Å². The number of nitrogens with zero attached hydrogens (tertiary/aromatic N) is 2. The molecule has 2 aliphatic heterocycles. The van der Waals surface area contributed by atoms with Crippen molar-refractivity contribution in [2.24, 2.45) is 5.92 Å². The van der Waals surface area contributed by atoms with E-state index in [9.17, 15) is 12.8 Å². The quantitative estimate of drug-likeness (QED) is 0.905. The summed E-state index contributed by atoms with van der Waals surface area (Å²) in [5.41, 5.74) is 1.58. The Labute approximate surface area is 147 Å². The number of imidazole rings is 1. The number of fused-ring (bicyclic) bond motifs is 1. The van der Waals surface area contributed by atoms with Gasteiger partial charge >= 0.3 is 0 Å². The number of sulfone groups is 1.